The van der Waals surface area contributed by atoms with Crippen molar-refractivity contribution >= 4 is 29.1 Å². The molecule has 2 aliphatic heterocycles. The van der Waals surface area contributed by atoms with E-state index in [1.54, 1.807) is 6.92 Å². The van der Waals surface area contributed by atoms with Crippen LogP contribution in [-0.2, 0) is 9.59 Å². The van der Waals surface area contributed by atoms with Crippen molar-refractivity contribution in [2.75, 3.05) is 0 Å². The van der Waals surface area contributed by atoms with E-state index in [0.717, 1.165) is 0 Å². The summed E-state index contributed by atoms with van der Waals surface area (Å²) in [4.78, 5) is 25.9. The van der Waals surface area contributed by atoms with E-state index in [0.29, 0.717) is 5.84 Å². The number of aliphatic carboxylic acids is 1. The van der Waals surface area contributed by atoms with Crippen molar-refractivity contribution in [2.24, 2.45) is 15.2 Å². The SMILES string of the molecule is CC1=NC2C(C(=O)O)=NN=C2C(=O)N1. The number of nitrogens with one attached hydrogen (secondary N) is 1. The fraction of sp³-hybridized carbons (Fsp3) is 0.286. The minimum absolute atomic E-state index is 0.0352. The van der Waals surface area contributed by atoms with Crippen LogP contribution in [0.5, 0.6) is 0 Å². The first kappa shape index (κ1) is 8.54. The van der Waals surface area contributed by atoms with Gasteiger partial charge in [-0.15, -0.1) is 10.2 Å². The predicted octanol–water partition coefficient (Wildman–Crippen LogP) is -1.20. The summed E-state index contributed by atoms with van der Waals surface area (Å²) in [6.45, 7) is 1.58. The molecule has 7 heteroatoms. The number of fused-ring (bicyclic) bond motifs is 1. The van der Waals surface area contributed by atoms with Gasteiger partial charge < -0.3 is 10.4 Å². The van der Waals surface area contributed by atoms with Gasteiger partial charge in [-0.05, 0) is 6.92 Å². The monoisotopic (exact) mass is 194 g/mol. The van der Waals surface area contributed by atoms with Gasteiger partial charge in [0.15, 0.2) is 17.5 Å². The van der Waals surface area contributed by atoms with Crippen LogP contribution in [0.3, 0.4) is 0 Å². The Balaban J connectivity index is 2.41. The highest BCUT2D eigenvalue weighted by Crippen LogP contribution is 2.11. The van der Waals surface area contributed by atoms with Gasteiger partial charge in [-0.3, -0.25) is 9.79 Å². The first-order valence-corrected chi connectivity index (χ1v) is 3.84. The molecule has 7 nitrogen and oxygen atoms in total. The zero-order chi connectivity index (χ0) is 10.3. The van der Waals surface area contributed by atoms with Gasteiger partial charge in [-0.2, -0.15) is 0 Å². The van der Waals surface area contributed by atoms with Gasteiger partial charge in [0.05, 0.1) is 0 Å². The lowest BCUT2D eigenvalue weighted by Crippen LogP contribution is -2.47. The Hall–Kier alpha value is -2.05. The molecule has 2 rings (SSSR count). The summed E-state index contributed by atoms with van der Waals surface area (Å²) in [5, 5.41) is 18.0. The molecule has 0 spiro atoms. The number of aliphatic imine (C=N–C) groups is 1. The lowest BCUT2D eigenvalue weighted by Gasteiger charge is -2.15. The Labute approximate surface area is 78.2 Å². The van der Waals surface area contributed by atoms with E-state index in [2.05, 4.69) is 20.5 Å². The molecule has 0 bridgehead atoms. The molecule has 1 atom stereocenters. The largest absolute Gasteiger partial charge is 0.477 e. The fourth-order valence-corrected chi connectivity index (χ4v) is 1.25. The molecule has 0 aromatic heterocycles. The average molecular weight is 194 g/mol. The molecule has 0 aromatic rings. The quantitative estimate of drug-likeness (QED) is 0.547. The molecule has 0 radical (unpaired) electrons. The Morgan fingerprint density at radius 1 is 1.50 bits per heavy atom. The van der Waals surface area contributed by atoms with Gasteiger partial charge in [-0.25, -0.2) is 4.79 Å². The van der Waals surface area contributed by atoms with Crippen LogP contribution in [0.25, 0.3) is 0 Å². The van der Waals surface area contributed by atoms with Gasteiger partial charge in [0, 0.05) is 0 Å². The van der Waals surface area contributed by atoms with Crippen LogP contribution >= 0.6 is 0 Å². The molecule has 2 heterocycles. The standard InChI is InChI=1S/C7H6N4O3/c1-2-8-3-4(6(12)9-2)10-11-5(3)7(13)14/h3H,1H3,(H,13,14)(H,8,9,12). The summed E-state index contributed by atoms with van der Waals surface area (Å²) in [7, 11) is 0. The summed E-state index contributed by atoms with van der Waals surface area (Å²) in [6.07, 6.45) is 0. The highest BCUT2D eigenvalue weighted by atomic mass is 16.4. The first-order chi connectivity index (χ1) is 6.59. The van der Waals surface area contributed by atoms with Crippen molar-refractivity contribution in [2.45, 2.75) is 13.0 Å². The third-order valence-electron chi connectivity index (χ3n) is 1.85. The zero-order valence-electron chi connectivity index (χ0n) is 7.18. The number of carboxylic acid groups (broad SMARTS) is 1. The summed E-state index contributed by atoms with van der Waals surface area (Å²) in [5.74, 6) is -1.28. The van der Waals surface area contributed by atoms with Crippen LogP contribution < -0.4 is 5.32 Å². The second-order valence-corrected chi connectivity index (χ2v) is 2.85. The zero-order valence-corrected chi connectivity index (χ0v) is 7.18. The number of carbonyl (C=O) groups excluding carboxylic acids is 1. The van der Waals surface area contributed by atoms with Crippen molar-refractivity contribution in [3.05, 3.63) is 0 Å². The van der Waals surface area contributed by atoms with E-state index >= 15 is 0 Å². The second kappa shape index (κ2) is 2.72. The Bertz CT molecular complexity index is 421. The summed E-state index contributed by atoms with van der Waals surface area (Å²) in [5.41, 5.74) is -0.179. The van der Waals surface area contributed by atoms with Crippen LogP contribution in [0, 0.1) is 0 Å². The number of amidine groups is 1. The van der Waals surface area contributed by atoms with Gasteiger partial charge in [-0.1, -0.05) is 0 Å². The Kier molecular flexibility index (Phi) is 1.66. The van der Waals surface area contributed by atoms with Crippen LogP contribution in [0.15, 0.2) is 15.2 Å². The van der Waals surface area contributed by atoms with E-state index in [1.165, 1.54) is 0 Å². The molecule has 0 aliphatic carbocycles. The van der Waals surface area contributed by atoms with E-state index in [1.807, 2.05) is 0 Å². The van der Waals surface area contributed by atoms with Gasteiger partial charge in [0.1, 0.15) is 5.84 Å². The number of nitrogens with zero attached hydrogens (tertiary/aromatic N) is 3. The predicted molar refractivity (Wildman–Crippen MR) is 47.5 cm³/mol. The van der Waals surface area contributed by atoms with Gasteiger partial charge in [0.25, 0.3) is 5.91 Å². The normalized spacial score (nSPS) is 24.5. The average Bonchev–Trinajstić information content (AvgIpc) is 2.47. The highest BCUT2D eigenvalue weighted by molar-refractivity contribution is 6.56. The number of amides is 1. The maximum absolute atomic E-state index is 11.3. The molecule has 0 aromatic carbocycles. The summed E-state index contributed by atoms with van der Waals surface area (Å²) in [6, 6.07) is -0.846. The molecule has 14 heavy (non-hydrogen) atoms. The lowest BCUT2D eigenvalue weighted by molar-refractivity contribution is -0.129. The molecule has 0 fully saturated rings. The van der Waals surface area contributed by atoms with Crippen molar-refractivity contribution in [3.8, 4) is 0 Å². The molecule has 2 N–H and O–H groups in total. The van der Waals surface area contributed by atoms with Gasteiger partial charge in [0.2, 0.25) is 0 Å². The smallest absolute Gasteiger partial charge is 0.354 e. The van der Waals surface area contributed by atoms with Crippen LogP contribution in [0.2, 0.25) is 0 Å². The molecule has 1 amide bonds. The van der Waals surface area contributed by atoms with E-state index in [9.17, 15) is 9.59 Å². The number of hydrogen-bond acceptors (Lipinski definition) is 5. The van der Waals surface area contributed by atoms with Crippen LogP contribution in [0.1, 0.15) is 6.92 Å². The summed E-state index contributed by atoms with van der Waals surface area (Å²) >= 11 is 0. The molecule has 1 unspecified atom stereocenters. The van der Waals surface area contributed by atoms with Crippen molar-refractivity contribution < 1.29 is 14.7 Å². The number of carboxylic acids is 1. The van der Waals surface area contributed by atoms with Crippen LogP contribution in [0.4, 0.5) is 0 Å². The minimum Gasteiger partial charge on any atom is -0.477 e. The highest BCUT2D eigenvalue weighted by Gasteiger charge is 2.38. The first-order valence-electron chi connectivity index (χ1n) is 3.84. The maximum atomic E-state index is 11.3. The van der Waals surface area contributed by atoms with Crippen molar-refractivity contribution in [1.29, 1.82) is 0 Å². The maximum Gasteiger partial charge on any atom is 0.354 e. The van der Waals surface area contributed by atoms with Crippen molar-refractivity contribution in [1.82, 2.24) is 5.32 Å². The molecule has 0 saturated heterocycles. The Morgan fingerprint density at radius 2 is 2.21 bits per heavy atom. The third kappa shape index (κ3) is 1.10. The second-order valence-electron chi connectivity index (χ2n) is 2.85. The van der Waals surface area contributed by atoms with Crippen molar-refractivity contribution in [3.63, 3.8) is 0 Å². The van der Waals surface area contributed by atoms with E-state index in [4.69, 9.17) is 5.11 Å². The topological polar surface area (TPSA) is 103 Å². The summed E-state index contributed by atoms with van der Waals surface area (Å²) < 4.78 is 0. The van der Waals surface area contributed by atoms with E-state index in [-0.39, 0.29) is 11.4 Å². The molecular formula is C7H6N4O3. The molecule has 2 aliphatic rings. The lowest BCUT2D eigenvalue weighted by atomic mass is 10.1. The number of rotatable bonds is 1. The molecular weight excluding hydrogens is 188 g/mol. The van der Waals surface area contributed by atoms with Crippen LogP contribution in [-0.4, -0.2) is 40.3 Å². The number of hydrogen-bond donors (Lipinski definition) is 2. The number of carbonyl (C=O) groups is 2. The molecule has 0 saturated carbocycles. The minimum atomic E-state index is -1.21. The Morgan fingerprint density at radius 3 is 2.86 bits per heavy atom. The molecule has 72 valence electrons. The van der Waals surface area contributed by atoms with E-state index < -0.39 is 17.9 Å². The third-order valence-corrected chi connectivity index (χ3v) is 1.85. The van der Waals surface area contributed by atoms with Gasteiger partial charge >= 0.3 is 5.97 Å². The fourth-order valence-electron chi connectivity index (χ4n) is 1.25.